The molecule has 0 heterocycles. The number of nitrogens with two attached hydrogens (primary N) is 1. The Kier molecular flexibility index (Phi) is 6.56. The lowest BCUT2D eigenvalue weighted by Gasteiger charge is -2.20. The predicted molar refractivity (Wildman–Crippen MR) is 77.6 cm³/mol. The topological polar surface area (TPSA) is 72.6 Å². The maximum absolute atomic E-state index is 12.4. The zero-order valence-corrected chi connectivity index (χ0v) is 12.1. The summed E-state index contributed by atoms with van der Waals surface area (Å²) in [6.45, 7) is 5.28. The number of rotatable bonds is 8. The Morgan fingerprint density at radius 1 is 1.30 bits per heavy atom. The molecule has 0 aromatic heterocycles. The summed E-state index contributed by atoms with van der Waals surface area (Å²) < 4.78 is 5.21. The lowest BCUT2D eigenvalue weighted by molar-refractivity contribution is -0.119. The molecule has 0 aliphatic carbocycles. The Morgan fingerprint density at radius 3 is 2.65 bits per heavy atom. The van der Waals surface area contributed by atoms with Gasteiger partial charge in [0, 0.05) is 18.7 Å². The van der Waals surface area contributed by atoms with Gasteiger partial charge in [-0.25, -0.2) is 0 Å². The first kappa shape index (κ1) is 16.0. The fourth-order valence-corrected chi connectivity index (χ4v) is 1.81. The number of carbonyl (C=O) groups is 2. The smallest absolute Gasteiger partial charge is 0.255 e. The van der Waals surface area contributed by atoms with Crippen LogP contribution in [0.4, 0.5) is 0 Å². The molecule has 5 heteroatoms. The quantitative estimate of drug-likeness (QED) is 0.788. The second-order valence-corrected chi connectivity index (χ2v) is 4.52. The first-order valence-electron chi connectivity index (χ1n) is 6.88. The second-order valence-electron chi connectivity index (χ2n) is 4.52. The average Bonchev–Trinajstić information content (AvgIpc) is 2.46. The van der Waals surface area contributed by atoms with Gasteiger partial charge in [-0.3, -0.25) is 9.59 Å². The van der Waals surface area contributed by atoms with Crippen molar-refractivity contribution in [2.75, 3.05) is 19.7 Å². The molecule has 0 spiro atoms. The van der Waals surface area contributed by atoms with Gasteiger partial charge in [-0.2, -0.15) is 0 Å². The van der Waals surface area contributed by atoms with Crippen molar-refractivity contribution in [1.29, 1.82) is 0 Å². The van der Waals surface area contributed by atoms with Crippen LogP contribution in [0.1, 0.15) is 37.0 Å². The first-order chi connectivity index (χ1) is 9.58. The van der Waals surface area contributed by atoms with E-state index in [-0.39, 0.29) is 12.5 Å². The maximum Gasteiger partial charge on any atom is 0.255 e. The lowest BCUT2D eigenvalue weighted by atomic mass is 10.1. The fourth-order valence-electron chi connectivity index (χ4n) is 1.81. The molecule has 5 nitrogen and oxygen atoms in total. The Labute approximate surface area is 119 Å². The largest absolute Gasteiger partial charge is 0.484 e. The molecule has 0 bridgehead atoms. The van der Waals surface area contributed by atoms with Crippen molar-refractivity contribution in [3.63, 3.8) is 0 Å². The zero-order valence-electron chi connectivity index (χ0n) is 12.1. The maximum atomic E-state index is 12.4. The van der Waals surface area contributed by atoms with E-state index in [0.29, 0.717) is 17.9 Å². The van der Waals surface area contributed by atoms with E-state index in [0.717, 1.165) is 19.4 Å². The summed E-state index contributed by atoms with van der Waals surface area (Å²) in [4.78, 5) is 24.8. The number of amides is 2. The summed E-state index contributed by atoms with van der Waals surface area (Å²) in [5, 5.41) is 0. The Hall–Kier alpha value is -2.04. The van der Waals surface area contributed by atoms with Gasteiger partial charge in [0.25, 0.3) is 11.8 Å². The molecule has 1 aromatic carbocycles. The van der Waals surface area contributed by atoms with Crippen LogP contribution < -0.4 is 10.5 Å². The van der Waals surface area contributed by atoms with E-state index in [1.807, 2.05) is 6.92 Å². The molecule has 0 aliphatic heterocycles. The van der Waals surface area contributed by atoms with Crippen LogP contribution in [0.15, 0.2) is 24.3 Å². The van der Waals surface area contributed by atoms with E-state index in [1.165, 1.54) is 0 Å². The molecule has 0 aliphatic rings. The van der Waals surface area contributed by atoms with Crippen molar-refractivity contribution >= 4 is 11.8 Å². The van der Waals surface area contributed by atoms with Gasteiger partial charge in [0.2, 0.25) is 0 Å². The van der Waals surface area contributed by atoms with Crippen LogP contribution in [0.3, 0.4) is 0 Å². The zero-order chi connectivity index (χ0) is 15.0. The van der Waals surface area contributed by atoms with Crippen LogP contribution >= 0.6 is 0 Å². The number of unbranched alkanes of at least 4 members (excludes halogenated alkanes) is 1. The molecule has 0 radical (unpaired) electrons. The Bertz CT molecular complexity index is 460. The van der Waals surface area contributed by atoms with Crippen molar-refractivity contribution in [3.05, 3.63) is 29.8 Å². The van der Waals surface area contributed by atoms with Crippen LogP contribution in [-0.4, -0.2) is 36.4 Å². The Balaban J connectivity index is 2.76. The molecule has 0 unspecified atom stereocenters. The third-order valence-corrected chi connectivity index (χ3v) is 2.91. The summed E-state index contributed by atoms with van der Waals surface area (Å²) in [6.07, 6.45) is 2.03. The molecule has 110 valence electrons. The van der Waals surface area contributed by atoms with Crippen molar-refractivity contribution < 1.29 is 14.3 Å². The van der Waals surface area contributed by atoms with Gasteiger partial charge < -0.3 is 15.4 Å². The number of hydrogen-bond donors (Lipinski definition) is 1. The van der Waals surface area contributed by atoms with Crippen LogP contribution in [0.2, 0.25) is 0 Å². The van der Waals surface area contributed by atoms with Crippen molar-refractivity contribution in [2.45, 2.75) is 26.7 Å². The number of nitrogens with zero attached hydrogens (tertiary/aromatic N) is 1. The summed E-state index contributed by atoms with van der Waals surface area (Å²) >= 11 is 0. The van der Waals surface area contributed by atoms with Crippen molar-refractivity contribution in [1.82, 2.24) is 4.90 Å². The first-order valence-corrected chi connectivity index (χ1v) is 6.88. The molecule has 0 atom stereocenters. The average molecular weight is 278 g/mol. The lowest BCUT2D eigenvalue weighted by Crippen LogP contribution is -2.31. The molecule has 2 N–H and O–H groups in total. The van der Waals surface area contributed by atoms with Gasteiger partial charge in [0.05, 0.1) is 0 Å². The minimum atomic E-state index is -0.542. The van der Waals surface area contributed by atoms with Gasteiger partial charge >= 0.3 is 0 Å². The number of benzene rings is 1. The summed E-state index contributed by atoms with van der Waals surface area (Å²) in [6, 6.07) is 6.81. The number of ether oxygens (including phenoxy) is 1. The molecule has 1 rings (SSSR count). The van der Waals surface area contributed by atoms with Crippen molar-refractivity contribution in [2.24, 2.45) is 5.73 Å². The molecule has 0 saturated heterocycles. The van der Waals surface area contributed by atoms with E-state index in [2.05, 4.69) is 6.92 Å². The van der Waals surface area contributed by atoms with E-state index >= 15 is 0 Å². The second kappa shape index (κ2) is 8.19. The van der Waals surface area contributed by atoms with Gasteiger partial charge in [0.1, 0.15) is 5.75 Å². The Morgan fingerprint density at radius 2 is 2.05 bits per heavy atom. The van der Waals surface area contributed by atoms with Crippen LogP contribution in [0.5, 0.6) is 5.75 Å². The standard InChI is InChI=1S/C15H22N2O3/c1-3-5-9-17(4-2)15(19)12-7-6-8-13(10-12)20-11-14(16)18/h6-8,10H,3-5,9,11H2,1-2H3,(H2,16,18). The molecule has 2 amide bonds. The summed E-state index contributed by atoms with van der Waals surface area (Å²) in [5.41, 5.74) is 5.58. The van der Waals surface area contributed by atoms with E-state index in [4.69, 9.17) is 10.5 Å². The predicted octanol–water partition coefficient (Wildman–Crippen LogP) is 1.81. The van der Waals surface area contributed by atoms with Crippen LogP contribution in [0, 0.1) is 0 Å². The van der Waals surface area contributed by atoms with Crippen molar-refractivity contribution in [3.8, 4) is 5.75 Å². The summed E-state index contributed by atoms with van der Waals surface area (Å²) in [7, 11) is 0. The highest BCUT2D eigenvalue weighted by atomic mass is 16.5. The number of carbonyl (C=O) groups excluding carboxylic acids is 2. The minimum Gasteiger partial charge on any atom is -0.484 e. The third kappa shape index (κ3) is 4.91. The van der Waals surface area contributed by atoms with Crippen LogP contribution in [0.25, 0.3) is 0 Å². The number of primary amides is 1. The highest BCUT2D eigenvalue weighted by Crippen LogP contribution is 2.15. The van der Waals surface area contributed by atoms with Gasteiger partial charge in [0.15, 0.2) is 6.61 Å². The molecular weight excluding hydrogens is 256 g/mol. The van der Waals surface area contributed by atoms with Gasteiger partial charge in [-0.1, -0.05) is 19.4 Å². The fraction of sp³-hybridized carbons (Fsp3) is 0.467. The van der Waals surface area contributed by atoms with E-state index in [9.17, 15) is 9.59 Å². The highest BCUT2D eigenvalue weighted by molar-refractivity contribution is 5.94. The monoisotopic (exact) mass is 278 g/mol. The van der Waals surface area contributed by atoms with Gasteiger partial charge in [-0.05, 0) is 31.5 Å². The normalized spacial score (nSPS) is 10.1. The summed E-state index contributed by atoms with van der Waals surface area (Å²) in [5.74, 6) is -0.0912. The molecule has 1 aromatic rings. The molecule has 0 fully saturated rings. The third-order valence-electron chi connectivity index (χ3n) is 2.91. The number of hydrogen-bond acceptors (Lipinski definition) is 3. The molecule has 0 saturated carbocycles. The van der Waals surface area contributed by atoms with E-state index < -0.39 is 5.91 Å². The van der Waals surface area contributed by atoms with Gasteiger partial charge in [-0.15, -0.1) is 0 Å². The molecular formula is C15H22N2O3. The highest BCUT2D eigenvalue weighted by Gasteiger charge is 2.14. The SMILES string of the molecule is CCCCN(CC)C(=O)c1cccc(OCC(N)=O)c1. The van der Waals surface area contributed by atoms with E-state index in [1.54, 1.807) is 29.2 Å². The van der Waals surface area contributed by atoms with Crippen LogP contribution in [-0.2, 0) is 4.79 Å². The molecule has 20 heavy (non-hydrogen) atoms. The minimum absolute atomic E-state index is 0.0227.